The van der Waals surface area contributed by atoms with Gasteiger partial charge in [-0.3, -0.25) is 14.5 Å². The second-order valence-electron chi connectivity index (χ2n) is 5.26. The van der Waals surface area contributed by atoms with Crippen molar-refractivity contribution in [2.24, 2.45) is 5.16 Å². The Balaban J connectivity index is 1.76. The molecule has 0 aliphatic carbocycles. The summed E-state index contributed by atoms with van der Waals surface area (Å²) in [6.45, 7) is 3.53. The molecule has 1 fully saturated rings. The summed E-state index contributed by atoms with van der Waals surface area (Å²) in [5.74, 6) is -2.07. The number of amides is 2. The SMILES string of the molecule is C=CCO/N=C(/C(=O)NC1C(=O)N2C(C(=O)O)=CCSC12)c1nsc(N)n1. The van der Waals surface area contributed by atoms with E-state index in [4.69, 9.17) is 10.6 Å². The maximum Gasteiger partial charge on any atom is 0.352 e. The third-order valence-corrected chi connectivity index (χ3v) is 5.30. The molecule has 0 radical (unpaired) electrons. The van der Waals surface area contributed by atoms with Crippen LogP contribution in [-0.2, 0) is 19.2 Å². The number of hydrogen-bond donors (Lipinski definition) is 3. The Labute approximate surface area is 161 Å². The molecule has 27 heavy (non-hydrogen) atoms. The van der Waals surface area contributed by atoms with Gasteiger partial charge >= 0.3 is 5.97 Å². The van der Waals surface area contributed by atoms with Crippen LogP contribution in [0.2, 0.25) is 0 Å². The van der Waals surface area contributed by atoms with Gasteiger partial charge in [-0.15, -0.1) is 11.8 Å². The number of nitrogens with zero attached hydrogens (tertiary/aromatic N) is 4. The third-order valence-electron chi connectivity index (χ3n) is 3.57. The van der Waals surface area contributed by atoms with Crippen molar-refractivity contribution < 1.29 is 24.3 Å². The quantitative estimate of drug-likeness (QED) is 0.175. The second kappa shape index (κ2) is 7.75. The number of oxime groups is 1. The van der Waals surface area contributed by atoms with E-state index in [1.54, 1.807) is 0 Å². The van der Waals surface area contributed by atoms with E-state index in [-0.39, 0.29) is 29.0 Å². The average molecular weight is 410 g/mol. The maximum absolute atomic E-state index is 12.6. The minimum absolute atomic E-state index is 0.0369. The molecular formula is C14H14N6O5S2. The van der Waals surface area contributed by atoms with Gasteiger partial charge in [-0.2, -0.15) is 9.36 Å². The van der Waals surface area contributed by atoms with Gasteiger partial charge in [0.15, 0.2) is 5.13 Å². The highest BCUT2D eigenvalue weighted by Gasteiger charge is 2.53. The molecule has 2 atom stereocenters. The van der Waals surface area contributed by atoms with Crippen LogP contribution in [0.15, 0.2) is 29.6 Å². The molecule has 2 unspecified atom stereocenters. The van der Waals surface area contributed by atoms with Gasteiger partial charge in [-0.05, 0) is 6.08 Å². The third kappa shape index (κ3) is 3.64. The number of carbonyl (C=O) groups is 3. The molecule has 4 N–H and O–H groups in total. The molecule has 0 saturated carbocycles. The highest BCUT2D eigenvalue weighted by molar-refractivity contribution is 8.00. The van der Waals surface area contributed by atoms with Gasteiger partial charge in [0, 0.05) is 17.3 Å². The Morgan fingerprint density at radius 1 is 1.59 bits per heavy atom. The molecule has 142 valence electrons. The number of carbonyl (C=O) groups excluding carboxylic acids is 2. The number of hydrogen-bond acceptors (Lipinski definition) is 10. The largest absolute Gasteiger partial charge is 0.477 e. The maximum atomic E-state index is 12.6. The van der Waals surface area contributed by atoms with Gasteiger partial charge < -0.3 is 21.0 Å². The summed E-state index contributed by atoms with van der Waals surface area (Å²) in [6.07, 6.45) is 2.89. The molecule has 1 aromatic rings. The van der Waals surface area contributed by atoms with Crippen LogP contribution in [0.5, 0.6) is 0 Å². The van der Waals surface area contributed by atoms with E-state index < -0.39 is 29.2 Å². The number of carboxylic acid groups (broad SMARTS) is 1. The van der Waals surface area contributed by atoms with Gasteiger partial charge in [-0.1, -0.05) is 17.8 Å². The van der Waals surface area contributed by atoms with Crippen LogP contribution in [0.25, 0.3) is 0 Å². The smallest absolute Gasteiger partial charge is 0.352 e. The number of carboxylic acids is 1. The first-order chi connectivity index (χ1) is 12.9. The molecule has 0 spiro atoms. The monoisotopic (exact) mass is 410 g/mol. The summed E-state index contributed by atoms with van der Waals surface area (Å²) in [5.41, 5.74) is 5.20. The Morgan fingerprint density at radius 3 is 3.00 bits per heavy atom. The van der Waals surface area contributed by atoms with E-state index >= 15 is 0 Å². The Morgan fingerprint density at radius 2 is 2.37 bits per heavy atom. The number of aromatic nitrogens is 2. The Bertz CT molecular complexity index is 866. The zero-order valence-electron chi connectivity index (χ0n) is 13.7. The predicted molar refractivity (Wildman–Crippen MR) is 97.7 cm³/mol. The Kier molecular flexibility index (Phi) is 5.41. The molecule has 1 saturated heterocycles. The van der Waals surface area contributed by atoms with Gasteiger partial charge in [0.2, 0.25) is 11.5 Å². The van der Waals surface area contributed by atoms with E-state index in [2.05, 4.69) is 26.4 Å². The fourth-order valence-electron chi connectivity index (χ4n) is 2.42. The lowest BCUT2D eigenvalue weighted by Gasteiger charge is -2.48. The van der Waals surface area contributed by atoms with Crippen molar-refractivity contribution in [3.8, 4) is 0 Å². The first kappa shape index (κ1) is 18.8. The molecule has 0 aromatic carbocycles. The normalized spacial score (nSPS) is 21.6. The predicted octanol–water partition coefficient (Wildman–Crippen LogP) is -0.605. The van der Waals surface area contributed by atoms with Gasteiger partial charge in [-0.25, -0.2) is 4.79 Å². The lowest BCUT2D eigenvalue weighted by Crippen LogP contribution is -2.70. The number of β-lactam (4-membered cyclic amide) rings is 1. The van der Waals surface area contributed by atoms with E-state index in [9.17, 15) is 19.5 Å². The highest BCUT2D eigenvalue weighted by atomic mass is 32.2. The lowest BCUT2D eigenvalue weighted by atomic mass is 10.0. The minimum atomic E-state index is -1.19. The first-order valence-electron chi connectivity index (χ1n) is 7.53. The number of thioether (sulfide) groups is 1. The fourth-order valence-corrected chi connectivity index (χ4v) is 4.05. The second-order valence-corrected chi connectivity index (χ2v) is 7.19. The van der Waals surface area contributed by atoms with Crippen molar-refractivity contribution >= 4 is 51.9 Å². The number of rotatable bonds is 7. The summed E-state index contributed by atoms with van der Waals surface area (Å²) in [5, 5.41) is 15.0. The van der Waals surface area contributed by atoms with Crippen LogP contribution in [0.3, 0.4) is 0 Å². The number of nitrogen functional groups attached to an aromatic ring is 1. The number of nitrogens with two attached hydrogens (primary N) is 1. The number of aliphatic carboxylic acids is 1. The van der Waals surface area contributed by atoms with Crippen molar-refractivity contribution in [1.29, 1.82) is 0 Å². The number of anilines is 1. The van der Waals surface area contributed by atoms with Crippen molar-refractivity contribution in [1.82, 2.24) is 19.6 Å². The van der Waals surface area contributed by atoms with E-state index in [0.717, 1.165) is 16.4 Å². The van der Waals surface area contributed by atoms with Crippen LogP contribution in [0.4, 0.5) is 5.13 Å². The van der Waals surface area contributed by atoms with Gasteiger partial charge in [0.1, 0.15) is 23.7 Å². The summed E-state index contributed by atoms with van der Waals surface area (Å²) < 4.78 is 3.92. The topological polar surface area (TPSA) is 160 Å². The van der Waals surface area contributed by atoms with Crippen molar-refractivity contribution in [3.63, 3.8) is 0 Å². The molecule has 2 amide bonds. The van der Waals surface area contributed by atoms with Crippen molar-refractivity contribution in [2.45, 2.75) is 11.4 Å². The molecule has 11 nitrogen and oxygen atoms in total. The molecule has 0 bridgehead atoms. The fraction of sp³-hybridized carbons (Fsp3) is 0.286. The van der Waals surface area contributed by atoms with Gasteiger partial charge in [0.05, 0.1) is 0 Å². The van der Waals surface area contributed by atoms with E-state index in [1.807, 2.05) is 0 Å². The van der Waals surface area contributed by atoms with Crippen LogP contribution in [0, 0.1) is 0 Å². The first-order valence-corrected chi connectivity index (χ1v) is 9.35. The average Bonchev–Trinajstić information content (AvgIpc) is 3.08. The standard InChI is InChI=1S/C14H14N6O5S2/c1-2-4-25-18-7(9-17-14(15)27-19-9)10(21)16-8-11(22)20-6(13(23)24)3-5-26-12(8)20/h2-3,8,12H,1,4-5H2,(H,16,21)(H,23,24)(H2,15,17,19)/b18-7+. The van der Waals surface area contributed by atoms with E-state index in [0.29, 0.717) is 5.75 Å². The summed E-state index contributed by atoms with van der Waals surface area (Å²) in [7, 11) is 0. The molecule has 13 heteroatoms. The van der Waals surface area contributed by atoms with Crippen LogP contribution in [0.1, 0.15) is 5.82 Å². The van der Waals surface area contributed by atoms with E-state index in [1.165, 1.54) is 23.9 Å². The summed E-state index contributed by atoms with van der Waals surface area (Å²) >= 11 is 2.22. The van der Waals surface area contributed by atoms with Gasteiger partial charge in [0.25, 0.3) is 11.8 Å². The lowest BCUT2D eigenvalue weighted by molar-refractivity contribution is -0.150. The molecule has 3 heterocycles. The molecule has 1 aromatic heterocycles. The molecule has 2 aliphatic rings. The zero-order chi connectivity index (χ0) is 19.6. The summed E-state index contributed by atoms with van der Waals surface area (Å²) in [6, 6.07) is -0.897. The molecular weight excluding hydrogens is 396 g/mol. The number of fused-ring (bicyclic) bond motifs is 1. The summed E-state index contributed by atoms with van der Waals surface area (Å²) in [4.78, 5) is 46.2. The highest BCUT2D eigenvalue weighted by Crippen LogP contribution is 2.37. The van der Waals surface area contributed by atoms with Crippen LogP contribution < -0.4 is 11.1 Å². The minimum Gasteiger partial charge on any atom is -0.477 e. The number of nitrogens with one attached hydrogen (secondary N) is 1. The molecule has 3 rings (SSSR count). The Hall–Kier alpha value is -2.93. The van der Waals surface area contributed by atoms with Crippen LogP contribution in [-0.4, -0.2) is 66.6 Å². The van der Waals surface area contributed by atoms with Crippen molar-refractivity contribution in [3.05, 3.63) is 30.3 Å². The van der Waals surface area contributed by atoms with Crippen molar-refractivity contribution in [2.75, 3.05) is 18.1 Å². The zero-order valence-corrected chi connectivity index (χ0v) is 15.3. The molecule has 2 aliphatic heterocycles. The van der Waals surface area contributed by atoms with Crippen LogP contribution >= 0.6 is 23.3 Å².